The Morgan fingerprint density at radius 3 is 2.31 bits per heavy atom. The maximum absolute atomic E-state index is 12.7. The number of benzene rings is 2. The second-order valence-corrected chi connectivity index (χ2v) is 7.93. The minimum Gasteiger partial charge on any atom is -0.493 e. The van der Waals surface area contributed by atoms with E-state index >= 15 is 0 Å². The third kappa shape index (κ3) is 6.13. The maximum atomic E-state index is 12.7. The molecule has 0 N–H and O–H groups in total. The molecule has 6 heteroatoms. The summed E-state index contributed by atoms with van der Waals surface area (Å²) < 4.78 is 11.2. The van der Waals surface area contributed by atoms with Crippen LogP contribution in [-0.2, 0) is 4.79 Å². The molecule has 170 valence electrons. The van der Waals surface area contributed by atoms with E-state index in [1.165, 1.54) is 0 Å². The van der Waals surface area contributed by atoms with Gasteiger partial charge in [0.2, 0.25) is 5.91 Å². The van der Waals surface area contributed by atoms with Crippen molar-refractivity contribution in [1.82, 2.24) is 9.80 Å². The van der Waals surface area contributed by atoms with Gasteiger partial charge in [0.15, 0.2) is 11.5 Å². The van der Waals surface area contributed by atoms with Crippen LogP contribution in [0.2, 0.25) is 0 Å². The highest BCUT2D eigenvalue weighted by atomic mass is 16.5. The van der Waals surface area contributed by atoms with Gasteiger partial charge in [-0.3, -0.25) is 9.59 Å². The summed E-state index contributed by atoms with van der Waals surface area (Å²) in [4.78, 5) is 28.9. The predicted molar refractivity (Wildman–Crippen MR) is 126 cm³/mol. The van der Waals surface area contributed by atoms with Crippen molar-refractivity contribution in [3.8, 4) is 11.5 Å². The molecule has 1 aliphatic heterocycles. The van der Waals surface area contributed by atoms with Gasteiger partial charge in [-0.1, -0.05) is 37.1 Å². The molecule has 3 rings (SSSR count). The monoisotopic (exact) mass is 436 g/mol. The molecule has 1 aliphatic rings. The zero-order chi connectivity index (χ0) is 22.9. The Morgan fingerprint density at radius 1 is 0.969 bits per heavy atom. The molecule has 0 radical (unpaired) electrons. The van der Waals surface area contributed by atoms with E-state index in [0.29, 0.717) is 49.8 Å². The lowest BCUT2D eigenvalue weighted by Crippen LogP contribution is -2.50. The average molecular weight is 437 g/mol. The number of unbranched alkanes of at least 4 members (excludes halogenated alkanes) is 1. The first-order valence-corrected chi connectivity index (χ1v) is 11.2. The summed E-state index contributed by atoms with van der Waals surface area (Å²) in [6, 6.07) is 13.2. The highest BCUT2D eigenvalue weighted by Gasteiger charge is 2.23. The van der Waals surface area contributed by atoms with E-state index in [4.69, 9.17) is 9.47 Å². The van der Waals surface area contributed by atoms with Crippen molar-refractivity contribution >= 4 is 17.9 Å². The van der Waals surface area contributed by atoms with Gasteiger partial charge in [0.05, 0.1) is 13.7 Å². The van der Waals surface area contributed by atoms with E-state index in [-0.39, 0.29) is 11.8 Å². The summed E-state index contributed by atoms with van der Waals surface area (Å²) in [5, 5.41) is 0. The van der Waals surface area contributed by atoms with Gasteiger partial charge in [0.25, 0.3) is 5.91 Å². The highest BCUT2D eigenvalue weighted by molar-refractivity contribution is 5.95. The van der Waals surface area contributed by atoms with Gasteiger partial charge in [0.1, 0.15) is 0 Å². The van der Waals surface area contributed by atoms with Crippen LogP contribution in [0.25, 0.3) is 6.08 Å². The van der Waals surface area contributed by atoms with E-state index in [1.54, 1.807) is 29.1 Å². The fourth-order valence-electron chi connectivity index (χ4n) is 3.52. The number of nitrogens with zero attached hydrogens (tertiary/aromatic N) is 2. The molecule has 2 amide bonds. The van der Waals surface area contributed by atoms with Crippen LogP contribution in [-0.4, -0.2) is 61.5 Å². The van der Waals surface area contributed by atoms with E-state index in [9.17, 15) is 9.59 Å². The zero-order valence-electron chi connectivity index (χ0n) is 19.2. The lowest BCUT2D eigenvalue weighted by atomic mass is 10.1. The number of carbonyl (C=O) groups is 2. The molecule has 0 aromatic heterocycles. The molecule has 0 spiro atoms. The molecular weight excluding hydrogens is 404 g/mol. The van der Waals surface area contributed by atoms with Crippen LogP contribution < -0.4 is 9.47 Å². The van der Waals surface area contributed by atoms with Crippen LogP contribution in [0.3, 0.4) is 0 Å². The van der Waals surface area contributed by atoms with Crippen LogP contribution in [0.1, 0.15) is 41.3 Å². The molecule has 32 heavy (non-hydrogen) atoms. The van der Waals surface area contributed by atoms with Crippen LogP contribution in [0.15, 0.2) is 48.5 Å². The Labute approximate surface area is 190 Å². The third-order valence-electron chi connectivity index (χ3n) is 5.54. The molecular formula is C26H32N2O4. The van der Waals surface area contributed by atoms with Gasteiger partial charge in [-0.05, 0) is 49.2 Å². The first kappa shape index (κ1) is 23.4. The van der Waals surface area contributed by atoms with Gasteiger partial charge in [-0.15, -0.1) is 0 Å². The number of rotatable bonds is 8. The van der Waals surface area contributed by atoms with Gasteiger partial charge < -0.3 is 19.3 Å². The van der Waals surface area contributed by atoms with Crippen molar-refractivity contribution in [2.45, 2.75) is 26.7 Å². The first-order valence-electron chi connectivity index (χ1n) is 11.2. The van der Waals surface area contributed by atoms with Gasteiger partial charge >= 0.3 is 0 Å². The summed E-state index contributed by atoms with van der Waals surface area (Å²) in [6.45, 7) is 6.88. The quantitative estimate of drug-likeness (QED) is 0.460. The first-order chi connectivity index (χ1) is 15.5. The fourth-order valence-corrected chi connectivity index (χ4v) is 3.52. The smallest absolute Gasteiger partial charge is 0.253 e. The molecule has 1 saturated heterocycles. The second-order valence-electron chi connectivity index (χ2n) is 7.93. The summed E-state index contributed by atoms with van der Waals surface area (Å²) in [5.41, 5.74) is 2.68. The van der Waals surface area contributed by atoms with Gasteiger partial charge in [0, 0.05) is 37.8 Å². The number of amides is 2. The van der Waals surface area contributed by atoms with Crippen LogP contribution >= 0.6 is 0 Å². The Hall–Kier alpha value is -3.28. The van der Waals surface area contributed by atoms with Crippen molar-refractivity contribution in [3.05, 3.63) is 65.2 Å². The Kier molecular flexibility index (Phi) is 8.31. The topological polar surface area (TPSA) is 59.1 Å². The van der Waals surface area contributed by atoms with Crippen molar-refractivity contribution in [2.75, 3.05) is 39.9 Å². The van der Waals surface area contributed by atoms with Crippen LogP contribution in [0.5, 0.6) is 11.5 Å². The molecule has 6 nitrogen and oxygen atoms in total. The third-order valence-corrected chi connectivity index (χ3v) is 5.54. The van der Waals surface area contributed by atoms with E-state index < -0.39 is 0 Å². The number of hydrogen-bond donors (Lipinski definition) is 0. The van der Waals surface area contributed by atoms with Crippen LogP contribution in [0, 0.1) is 6.92 Å². The summed E-state index contributed by atoms with van der Waals surface area (Å²) in [7, 11) is 1.61. The molecule has 0 bridgehead atoms. The minimum atomic E-state index is -0.0605. The summed E-state index contributed by atoms with van der Waals surface area (Å²) >= 11 is 0. The second kappa shape index (κ2) is 11.4. The number of carbonyl (C=O) groups excluding carboxylic acids is 2. The molecule has 2 aromatic carbocycles. The Balaban J connectivity index is 1.54. The molecule has 1 fully saturated rings. The molecule has 2 aromatic rings. The minimum absolute atomic E-state index is 0.0148. The molecule has 0 atom stereocenters. The molecule has 0 saturated carbocycles. The Bertz CT molecular complexity index is 945. The lowest BCUT2D eigenvalue weighted by molar-refractivity contribution is -0.127. The predicted octanol–water partition coefficient (Wildman–Crippen LogP) is 4.18. The van der Waals surface area contributed by atoms with E-state index in [2.05, 4.69) is 6.92 Å². The van der Waals surface area contributed by atoms with Crippen molar-refractivity contribution < 1.29 is 19.1 Å². The number of hydrogen-bond acceptors (Lipinski definition) is 4. The Morgan fingerprint density at radius 2 is 1.66 bits per heavy atom. The number of methoxy groups -OCH3 is 1. The van der Waals surface area contributed by atoms with E-state index in [0.717, 1.165) is 24.0 Å². The van der Waals surface area contributed by atoms with E-state index in [1.807, 2.05) is 49.4 Å². The molecule has 1 heterocycles. The molecule has 0 unspecified atom stereocenters. The standard InChI is InChI=1S/C26H32N2O4/c1-4-5-18-32-23-12-8-21(19-24(23)31-3)9-13-25(29)27-14-16-28(17-15-27)26(30)22-10-6-20(2)7-11-22/h6-13,19H,4-5,14-18H2,1-3H3/b13-9+. The van der Waals surface area contributed by atoms with Crippen molar-refractivity contribution in [2.24, 2.45) is 0 Å². The van der Waals surface area contributed by atoms with Gasteiger partial charge in [-0.2, -0.15) is 0 Å². The number of ether oxygens (including phenoxy) is 2. The zero-order valence-corrected chi connectivity index (χ0v) is 19.2. The lowest BCUT2D eigenvalue weighted by Gasteiger charge is -2.34. The fraction of sp³-hybridized carbons (Fsp3) is 0.385. The molecule has 0 aliphatic carbocycles. The van der Waals surface area contributed by atoms with Crippen molar-refractivity contribution in [1.29, 1.82) is 0 Å². The van der Waals surface area contributed by atoms with Crippen molar-refractivity contribution in [3.63, 3.8) is 0 Å². The highest BCUT2D eigenvalue weighted by Crippen LogP contribution is 2.28. The normalized spacial score (nSPS) is 14.0. The average Bonchev–Trinajstić information content (AvgIpc) is 2.83. The number of aryl methyl sites for hydroxylation is 1. The maximum Gasteiger partial charge on any atom is 0.253 e. The largest absolute Gasteiger partial charge is 0.493 e. The number of piperazine rings is 1. The van der Waals surface area contributed by atoms with Gasteiger partial charge in [-0.25, -0.2) is 0 Å². The summed E-state index contributed by atoms with van der Waals surface area (Å²) in [5.74, 6) is 1.31. The SMILES string of the molecule is CCCCOc1ccc(/C=C/C(=O)N2CCN(C(=O)c3ccc(C)cc3)CC2)cc1OC. The van der Waals surface area contributed by atoms with Crippen LogP contribution in [0.4, 0.5) is 0 Å². The summed E-state index contributed by atoms with van der Waals surface area (Å²) in [6.07, 6.45) is 5.41.